The molecule has 1 amide bonds. The minimum atomic E-state index is -0.138. The van der Waals surface area contributed by atoms with Crippen molar-refractivity contribution in [3.05, 3.63) is 40.7 Å². The Hall–Kier alpha value is -2.21. The molecule has 1 aromatic heterocycles. The van der Waals surface area contributed by atoms with Crippen molar-refractivity contribution in [1.29, 1.82) is 0 Å². The third-order valence-corrected chi connectivity index (χ3v) is 3.98. The van der Waals surface area contributed by atoms with Gasteiger partial charge in [-0.25, -0.2) is 0 Å². The number of fused-ring (bicyclic) bond motifs is 1. The number of aromatic nitrogens is 2. The van der Waals surface area contributed by atoms with Crippen molar-refractivity contribution >= 4 is 16.8 Å². The zero-order valence-electron chi connectivity index (χ0n) is 13.5. The summed E-state index contributed by atoms with van der Waals surface area (Å²) in [5, 5.41) is 7.54. The van der Waals surface area contributed by atoms with Crippen LogP contribution in [0.1, 0.15) is 13.8 Å². The summed E-state index contributed by atoms with van der Waals surface area (Å²) in [4.78, 5) is 26.0. The van der Waals surface area contributed by atoms with Gasteiger partial charge in [0.1, 0.15) is 6.54 Å². The third-order valence-electron chi connectivity index (χ3n) is 3.98. The summed E-state index contributed by atoms with van der Waals surface area (Å²) in [6, 6.07) is 7.16. The molecular weight excluding hydrogens is 280 g/mol. The van der Waals surface area contributed by atoms with E-state index >= 15 is 0 Å². The van der Waals surface area contributed by atoms with Gasteiger partial charge >= 0.3 is 0 Å². The molecule has 2 rings (SSSR count). The van der Waals surface area contributed by atoms with Crippen molar-refractivity contribution in [3.63, 3.8) is 0 Å². The van der Waals surface area contributed by atoms with Crippen LogP contribution >= 0.6 is 0 Å². The van der Waals surface area contributed by atoms with Gasteiger partial charge in [0.25, 0.3) is 0 Å². The van der Waals surface area contributed by atoms with Crippen LogP contribution in [0.25, 0.3) is 10.9 Å². The fraction of sp³-hybridized carbons (Fsp3) is 0.438. The lowest BCUT2D eigenvalue weighted by Gasteiger charge is -2.32. The predicted molar refractivity (Wildman–Crippen MR) is 86.8 cm³/mol. The summed E-state index contributed by atoms with van der Waals surface area (Å²) < 4.78 is 1.55. The van der Waals surface area contributed by atoms with Crippen LogP contribution in [0.2, 0.25) is 0 Å². The number of para-hydroxylation sites is 1. The molecule has 0 bridgehead atoms. The number of hydrogen-bond acceptors (Lipinski definition) is 4. The molecule has 22 heavy (non-hydrogen) atoms. The van der Waals surface area contributed by atoms with Gasteiger partial charge in [-0.3, -0.25) is 14.3 Å². The molecule has 118 valence electrons. The maximum Gasteiger partial charge on any atom is 0.241 e. The Labute approximate surface area is 129 Å². The molecule has 1 aromatic carbocycles. The number of nitrogens with one attached hydrogen (secondary N) is 1. The van der Waals surface area contributed by atoms with Gasteiger partial charge in [0, 0.05) is 17.5 Å². The minimum Gasteiger partial charge on any atom is -0.353 e. The Balaban J connectivity index is 2.13. The second kappa shape index (κ2) is 6.27. The molecule has 2 aromatic rings. The monoisotopic (exact) mass is 302 g/mol. The lowest BCUT2D eigenvalue weighted by molar-refractivity contribution is -0.122. The van der Waals surface area contributed by atoms with Crippen LogP contribution in [0, 0.1) is 0 Å². The van der Waals surface area contributed by atoms with Gasteiger partial charge in [0.2, 0.25) is 11.3 Å². The van der Waals surface area contributed by atoms with Crippen molar-refractivity contribution in [2.45, 2.75) is 25.9 Å². The SMILES string of the molecule is CN(C)C(C)(C)CNC(=O)Cn1ncc(=O)c2ccccc21. The molecule has 6 heteroatoms. The average Bonchev–Trinajstić information content (AvgIpc) is 2.48. The van der Waals surface area contributed by atoms with Crippen LogP contribution in [0.5, 0.6) is 0 Å². The molecule has 0 saturated heterocycles. The van der Waals surface area contributed by atoms with Crippen LogP contribution in [0.4, 0.5) is 0 Å². The summed E-state index contributed by atoms with van der Waals surface area (Å²) in [6.07, 6.45) is 1.25. The molecular formula is C16H22N4O2. The molecule has 1 heterocycles. The standard InChI is InChI=1S/C16H22N4O2/c1-16(2,19(3)4)11-17-15(22)10-20-13-8-6-5-7-12(13)14(21)9-18-20/h5-9H,10-11H2,1-4H3,(H,17,22). The van der Waals surface area contributed by atoms with E-state index in [1.165, 1.54) is 6.20 Å². The van der Waals surface area contributed by atoms with Crippen LogP contribution < -0.4 is 10.7 Å². The molecule has 0 radical (unpaired) electrons. The largest absolute Gasteiger partial charge is 0.353 e. The number of hydrogen-bond donors (Lipinski definition) is 1. The number of carbonyl (C=O) groups excluding carboxylic acids is 1. The highest BCUT2D eigenvalue weighted by Crippen LogP contribution is 2.09. The second-order valence-electron chi connectivity index (χ2n) is 6.17. The zero-order valence-corrected chi connectivity index (χ0v) is 13.5. The number of amides is 1. The van der Waals surface area contributed by atoms with Crippen LogP contribution in [-0.2, 0) is 11.3 Å². The van der Waals surface area contributed by atoms with E-state index in [1.807, 2.05) is 20.2 Å². The minimum absolute atomic E-state index is 0.0876. The predicted octanol–water partition coefficient (Wildman–Crippen LogP) is 0.853. The van der Waals surface area contributed by atoms with E-state index in [1.54, 1.807) is 22.9 Å². The molecule has 0 atom stereocenters. The summed E-state index contributed by atoms with van der Waals surface area (Å²) in [6.45, 7) is 4.74. The summed E-state index contributed by atoms with van der Waals surface area (Å²) in [7, 11) is 3.95. The van der Waals surface area contributed by atoms with Crippen LogP contribution in [0.15, 0.2) is 35.3 Å². The van der Waals surface area contributed by atoms with Crippen LogP contribution in [-0.4, -0.2) is 46.8 Å². The maximum absolute atomic E-state index is 12.1. The van der Waals surface area contributed by atoms with Crippen molar-refractivity contribution in [1.82, 2.24) is 20.0 Å². The molecule has 1 N–H and O–H groups in total. The first-order chi connectivity index (χ1) is 10.3. The number of benzene rings is 1. The normalized spacial score (nSPS) is 11.9. The van der Waals surface area contributed by atoms with Gasteiger partial charge in [0.15, 0.2) is 0 Å². The highest BCUT2D eigenvalue weighted by atomic mass is 16.2. The highest BCUT2D eigenvalue weighted by Gasteiger charge is 2.21. The molecule has 0 spiro atoms. The van der Waals surface area contributed by atoms with E-state index in [0.717, 1.165) is 0 Å². The van der Waals surface area contributed by atoms with Gasteiger partial charge in [-0.1, -0.05) is 12.1 Å². The maximum atomic E-state index is 12.1. The molecule has 0 saturated carbocycles. The first-order valence-corrected chi connectivity index (χ1v) is 7.20. The highest BCUT2D eigenvalue weighted by molar-refractivity contribution is 5.81. The number of carbonyl (C=O) groups is 1. The molecule has 0 aliphatic rings. The van der Waals surface area contributed by atoms with E-state index in [9.17, 15) is 9.59 Å². The quantitative estimate of drug-likeness (QED) is 0.889. The Bertz CT molecular complexity index is 734. The van der Waals surface area contributed by atoms with Gasteiger partial charge in [-0.05, 0) is 40.1 Å². The average molecular weight is 302 g/mol. The first-order valence-electron chi connectivity index (χ1n) is 7.20. The van der Waals surface area contributed by atoms with Crippen molar-refractivity contribution < 1.29 is 4.79 Å². The Morgan fingerprint density at radius 3 is 2.68 bits per heavy atom. The Morgan fingerprint density at radius 2 is 2.00 bits per heavy atom. The third kappa shape index (κ3) is 3.51. The van der Waals surface area contributed by atoms with E-state index in [0.29, 0.717) is 17.4 Å². The zero-order chi connectivity index (χ0) is 16.3. The summed E-state index contributed by atoms with van der Waals surface area (Å²) in [5.74, 6) is -0.128. The van der Waals surface area contributed by atoms with E-state index in [4.69, 9.17) is 0 Å². The summed E-state index contributed by atoms with van der Waals surface area (Å²) >= 11 is 0. The van der Waals surface area contributed by atoms with Crippen molar-refractivity contribution in [3.8, 4) is 0 Å². The van der Waals surface area contributed by atoms with Gasteiger partial charge in [-0.15, -0.1) is 0 Å². The van der Waals surface area contributed by atoms with E-state index < -0.39 is 0 Å². The fourth-order valence-electron chi connectivity index (χ4n) is 1.95. The number of rotatable bonds is 5. The number of likely N-dealkylation sites (N-methyl/N-ethyl adjacent to an activating group) is 1. The van der Waals surface area contributed by atoms with E-state index in [-0.39, 0.29) is 23.4 Å². The molecule has 0 fully saturated rings. The molecule has 6 nitrogen and oxygen atoms in total. The molecule has 0 aliphatic carbocycles. The van der Waals surface area contributed by atoms with Gasteiger partial charge < -0.3 is 10.2 Å². The van der Waals surface area contributed by atoms with Crippen molar-refractivity contribution in [2.75, 3.05) is 20.6 Å². The topological polar surface area (TPSA) is 67.2 Å². The summed E-state index contributed by atoms with van der Waals surface area (Å²) in [5.41, 5.74) is 0.396. The lowest BCUT2D eigenvalue weighted by Crippen LogP contribution is -2.48. The van der Waals surface area contributed by atoms with Crippen LogP contribution in [0.3, 0.4) is 0 Å². The number of nitrogens with zero attached hydrogens (tertiary/aromatic N) is 3. The van der Waals surface area contributed by atoms with Crippen molar-refractivity contribution in [2.24, 2.45) is 0 Å². The van der Waals surface area contributed by atoms with E-state index in [2.05, 4.69) is 29.2 Å². The molecule has 0 unspecified atom stereocenters. The van der Waals surface area contributed by atoms with Gasteiger partial charge in [0.05, 0.1) is 11.7 Å². The Kier molecular flexibility index (Phi) is 4.61. The second-order valence-corrected chi connectivity index (χ2v) is 6.17. The Morgan fingerprint density at radius 1 is 1.32 bits per heavy atom. The van der Waals surface area contributed by atoms with Gasteiger partial charge in [-0.2, -0.15) is 5.10 Å². The fourth-order valence-corrected chi connectivity index (χ4v) is 1.95. The lowest BCUT2D eigenvalue weighted by atomic mass is 10.0. The first kappa shape index (κ1) is 16.2. The smallest absolute Gasteiger partial charge is 0.241 e. The molecule has 0 aliphatic heterocycles.